The van der Waals surface area contributed by atoms with Crippen molar-refractivity contribution in [3.05, 3.63) is 53.6 Å². The van der Waals surface area contributed by atoms with Gasteiger partial charge in [0, 0.05) is 7.05 Å². The van der Waals surface area contributed by atoms with Gasteiger partial charge in [0.2, 0.25) is 10.0 Å². The van der Waals surface area contributed by atoms with Crippen LogP contribution in [0.4, 0.5) is 11.4 Å². The third-order valence-corrected chi connectivity index (χ3v) is 6.93. The van der Waals surface area contributed by atoms with Crippen molar-refractivity contribution < 1.29 is 26.7 Å². The molecule has 0 saturated carbocycles. The lowest BCUT2D eigenvalue weighted by Gasteiger charge is -2.21. The molecule has 1 aliphatic heterocycles. The van der Waals surface area contributed by atoms with E-state index >= 15 is 0 Å². The lowest BCUT2D eigenvalue weighted by Crippen LogP contribution is -2.29. The number of amides is 1. The maximum Gasteiger partial charge on any atom is 0.326 e. The van der Waals surface area contributed by atoms with Crippen molar-refractivity contribution in [2.45, 2.75) is 6.42 Å². The van der Waals surface area contributed by atoms with Crippen LogP contribution in [0.15, 0.2) is 42.5 Å². The molecule has 0 spiro atoms. The minimum Gasteiger partial charge on any atom is -0.506 e. The van der Waals surface area contributed by atoms with Crippen LogP contribution in [-0.2, 0) is 31.4 Å². The zero-order chi connectivity index (χ0) is 20.7. The van der Waals surface area contributed by atoms with Crippen LogP contribution < -0.4 is 13.3 Å². The molecule has 0 aromatic heterocycles. The first kappa shape index (κ1) is 20.0. The van der Waals surface area contributed by atoms with Crippen LogP contribution in [0.3, 0.4) is 0 Å². The van der Waals surface area contributed by atoms with Gasteiger partial charge in [-0.1, -0.05) is 24.3 Å². The normalized spacial score (nSPS) is 16.1. The van der Waals surface area contributed by atoms with Gasteiger partial charge in [-0.15, -0.1) is 0 Å². The first-order valence-corrected chi connectivity index (χ1v) is 11.4. The molecule has 150 valence electrons. The Morgan fingerprint density at radius 2 is 1.89 bits per heavy atom. The van der Waals surface area contributed by atoms with E-state index in [-0.39, 0.29) is 11.4 Å². The van der Waals surface area contributed by atoms with Crippen LogP contribution >= 0.6 is 0 Å². The number of sulfonamides is 1. The van der Waals surface area contributed by atoms with Gasteiger partial charge >= 0.3 is 10.2 Å². The largest absolute Gasteiger partial charge is 0.506 e. The third kappa shape index (κ3) is 3.90. The van der Waals surface area contributed by atoms with Crippen molar-refractivity contribution in [1.82, 2.24) is 4.72 Å². The van der Waals surface area contributed by atoms with E-state index in [0.29, 0.717) is 23.2 Å². The topological polar surface area (TPSA) is 124 Å². The van der Waals surface area contributed by atoms with E-state index in [1.54, 1.807) is 30.3 Å². The number of aromatic hydroxyl groups is 1. The fraction of sp³-hybridized carbons (Fsp3) is 0.235. The van der Waals surface area contributed by atoms with Crippen molar-refractivity contribution in [2.24, 2.45) is 0 Å². The molecular formula is C17H19N3O6S2. The fourth-order valence-electron chi connectivity index (χ4n) is 2.92. The van der Waals surface area contributed by atoms with Crippen LogP contribution in [0.1, 0.15) is 11.1 Å². The molecule has 0 bridgehead atoms. The van der Waals surface area contributed by atoms with E-state index in [4.69, 9.17) is 0 Å². The molecule has 2 aromatic carbocycles. The molecule has 2 aromatic rings. The minimum absolute atomic E-state index is 0.0105. The molecule has 0 unspecified atom stereocenters. The summed E-state index contributed by atoms with van der Waals surface area (Å²) in [5.41, 5.74) is 1.86. The number of nitrogens with zero attached hydrogens (tertiary/aromatic N) is 2. The summed E-state index contributed by atoms with van der Waals surface area (Å²) in [6.07, 6.45) is 1.42. The summed E-state index contributed by atoms with van der Waals surface area (Å²) in [7, 11) is -6.01. The predicted molar refractivity (Wildman–Crippen MR) is 105 cm³/mol. The van der Waals surface area contributed by atoms with E-state index < -0.39 is 32.7 Å². The Balaban J connectivity index is 1.92. The molecule has 1 aliphatic rings. The summed E-state index contributed by atoms with van der Waals surface area (Å²) in [6.45, 7) is -0.406. The van der Waals surface area contributed by atoms with E-state index in [0.717, 1.165) is 10.6 Å². The van der Waals surface area contributed by atoms with Gasteiger partial charge in [-0.25, -0.2) is 17.4 Å². The molecule has 3 rings (SSSR count). The first-order valence-electron chi connectivity index (χ1n) is 8.16. The van der Waals surface area contributed by atoms with Crippen molar-refractivity contribution in [3.63, 3.8) is 0 Å². The van der Waals surface area contributed by atoms with E-state index in [9.17, 15) is 26.7 Å². The maximum absolute atomic E-state index is 11.9. The molecular weight excluding hydrogens is 406 g/mol. The maximum atomic E-state index is 11.9. The first-order chi connectivity index (χ1) is 13.0. The Labute approximate surface area is 163 Å². The number of nitrogens with one attached hydrogen (secondary N) is 1. The second kappa shape index (κ2) is 6.99. The average molecular weight is 425 g/mol. The van der Waals surface area contributed by atoms with Crippen molar-refractivity contribution in [2.75, 3.05) is 28.5 Å². The van der Waals surface area contributed by atoms with E-state index in [2.05, 4.69) is 0 Å². The summed E-state index contributed by atoms with van der Waals surface area (Å²) in [4.78, 5) is 11.4. The average Bonchev–Trinajstić information content (AvgIpc) is 2.86. The molecule has 11 heteroatoms. The second-order valence-corrected chi connectivity index (χ2v) is 10.0. The van der Waals surface area contributed by atoms with E-state index in [1.165, 1.54) is 23.5 Å². The number of para-hydroxylation sites is 1. The number of carbonyl (C=O) groups is 1. The molecule has 2 N–H and O–H groups in total. The third-order valence-electron chi connectivity index (χ3n) is 4.35. The van der Waals surface area contributed by atoms with E-state index in [1.807, 2.05) is 4.72 Å². The Hall–Kier alpha value is -2.79. The van der Waals surface area contributed by atoms with Crippen molar-refractivity contribution in [1.29, 1.82) is 0 Å². The molecule has 9 nitrogen and oxygen atoms in total. The number of hydrogen-bond acceptors (Lipinski definition) is 6. The zero-order valence-corrected chi connectivity index (χ0v) is 16.8. The molecule has 1 heterocycles. The number of phenolic OH excluding ortho intramolecular Hbond substituents is 1. The number of hydrogen-bond donors (Lipinski definition) is 2. The molecule has 0 radical (unpaired) electrons. The van der Waals surface area contributed by atoms with Gasteiger partial charge in [0.15, 0.2) is 0 Å². The van der Waals surface area contributed by atoms with Crippen LogP contribution in [0.25, 0.3) is 0 Å². The monoisotopic (exact) mass is 425 g/mol. The predicted octanol–water partition coefficient (Wildman–Crippen LogP) is 0.560. The number of carbonyl (C=O) groups excluding carboxylic acids is 1. The van der Waals surface area contributed by atoms with Crippen molar-refractivity contribution >= 4 is 37.5 Å². The van der Waals surface area contributed by atoms with Gasteiger partial charge in [-0.05, 0) is 35.7 Å². The smallest absolute Gasteiger partial charge is 0.326 e. The fourth-order valence-corrected chi connectivity index (χ4v) is 4.62. The minimum atomic E-state index is -4.02. The van der Waals surface area contributed by atoms with Gasteiger partial charge in [-0.3, -0.25) is 9.10 Å². The summed E-state index contributed by atoms with van der Waals surface area (Å²) < 4.78 is 51.4. The molecule has 1 amide bonds. The Morgan fingerprint density at radius 1 is 1.21 bits per heavy atom. The lowest BCUT2D eigenvalue weighted by molar-refractivity contribution is -0.117. The van der Waals surface area contributed by atoms with Crippen LogP contribution in [0.2, 0.25) is 0 Å². The highest BCUT2D eigenvalue weighted by Crippen LogP contribution is 2.33. The Kier molecular flexibility index (Phi) is 4.98. The highest BCUT2D eigenvalue weighted by molar-refractivity contribution is 7.92. The van der Waals surface area contributed by atoms with Gasteiger partial charge < -0.3 is 5.11 Å². The Bertz CT molecular complexity index is 1150. The van der Waals surface area contributed by atoms with Gasteiger partial charge in [0.25, 0.3) is 5.91 Å². The van der Waals surface area contributed by atoms with Gasteiger partial charge in [-0.2, -0.15) is 8.42 Å². The SMILES string of the molecule is CN(c1ccccc1Cc1ccc(N2CC(=O)NS2(=O)=O)c(O)c1)S(C)(=O)=O. The summed E-state index contributed by atoms with van der Waals surface area (Å²) in [5.74, 6) is -0.979. The lowest BCUT2D eigenvalue weighted by atomic mass is 10.0. The van der Waals surface area contributed by atoms with Crippen LogP contribution in [-0.4, -0.2) is 47.7 Å². The summed E-state index contributed by atoms with van der Waals surface area (Å²) in [6, 6.07) is 11.4. The van der Waals surface area contributed by atoms with Crippen LogP contribution in [0, 0.1) is 0 Å². The van der Waals surface area contributed by atoms with Crippen molar-refractivity contribution in [3.8, 4) is 5.75 Å². The second-order valence-electron chi connectivity index (χ2n) is 6.40. The highest BCUT2D eigenvalue weighted by Gasteiger charge is 2.35. The van der Waals surface area contributed by atoms with Crippen LogP contribution in [0.5, 0.6) is 5.75 Å². The molecule has 1 fully saturated rings. The van der Waals surface area contributed by atoms with Gasteiger partial charge in [0.1, 0.15) is 12.3 Å². The van der Waals surface area contributed by atoms with Gasteiger partial charge in [0.05, 0.1) is 17.6 Å². The number of anilines is 2. The molecule has 1 saturated heterocycles. The quantitative estimate of drug-likeness (QED) is 0.721. The number of rotatable bonds is 5. The Morgan fingerprint density at radius 3 is 2.46 bits per heavy atom. The zero-order valence-electron chi connectivity index (χ0n) is 15.2. The molecule has 0 atom stereocenters. The standard InChI is InChI=1S/C17H19N3O6S2/c1-19(27(2,23)24)14-6-4-3-5-13(14)9-12-7-8-15(16(21)10-12)20-11-17(22)18-28(20,25)26/h3-8,10,21H,9,11H2,1-2H3,(H,18,22). The molecule has 28 heavy (non-hydrogen) atoms. The highest BCUT2D eigenvalue weighted by atomic mass is 32.2. The number of benzene rings is 2. The summed E-state index contributed by atoms with van der Waals surface area (Å²) in [5, 5.41) is 10.3. The molecule has 0 aliphatic carbocycles. The summed E-state index contributed by atoms with van der Waals surface area (Å²) >= 11 is 0. The number of phenols is 1.